The van der Waals surface area contributed by atoms with Gasteiger partial charge in [-0.1, -0.05) is 36.4 Å². The molecule has 27 heavy (non-hydrogen) atoms. The van der Waals surface area contributed by atoms with Crippen LogP contribution in [0, 0.1) is 5.82 Å². The second-order valence-electron chi connectivity index (χ2n) is 6.10. The van der Waals surface area contributed by atoms with Crippen LogP contribution in [-0.2, 0) is 17.9 Å². The molecule has 3 aromatic rings. The summed E-state index contributed by atoms with van der Waals surface area (Å²) < 4.78 is 19.6. The van der Waals surface area contributed by atoms with Crippen molar-refractivity contribution in [3.8, 4) is 5.75 Å². The van der Waals surface area contributed by atoms with E-state index in [0.29, 0.717) is 17.9 Å². The lowest BCUT2D eigenvalue weighted by atomic mass is 10.2. The van der Waals surface area contributed by atoms with Gasteiger partial charge in [-0.2, -0.15) is 0 Å². The van der Waals surface area contributed by atoms with Crippen LogP contribution in [0.1, 0.15) is 18.1 Å². The number of hydrogen-bond acceptors (Lipinski definition) is 3. The van der Waals surface area contributed by atoms with Crippen molar-refractivity contribution in [2.45, 2.75) is 20.1 Å². The average molecular weight is 364 g/mol. The maximum Gasteiger partial charge on any atom is 0.221 e. The van der Waals surface area contributed by atoms with Gasteiger partial charge in [0.1, 0.15) is 18.2 Å². The largest absolute Gasteiger partial charge is 0.488 e. The zero-order valence-electron chi connectivity index (χ0n) is 15.0. The zero-order chi connectivity index (χ0) is 19.1. The van der Waals surface area contributed by atoms with Gasteiger partial charge in [-0.05, 0) is 36.4 Å². The summed E-state index contributed by atoms with van der Waals surface area (Å²) in [6, 6.07) is 21.7. The third-order valence-corrected chi connectivity index (χ3v) is 4.00. The fourth-order valence-corrected chi connectivity index (χ4v) is 2.63. The molecule has 0 bridgehead atoms. The molecule has 0 aliphatic rings. The van der Waals surface area contributed by atoms with Crippen molar-refractivity contribution < 1.29 is 13.9 Å². The zero-order valence-corrected chi connectivity index (χ0v) is 15.0. The fraction of sp³-hybridized carbons (Fsp3) is 0.136. The van der Waals surface area contributed by atoms with E-state index >= 15 is 0 Å². The topological polar surface area (TPSA) is 50.4 Å². The highest BCUT2D eigenvalue weighted by Gasteiger charge is 2.06. The van der Waals surface area contributed by atoms with Crippen molar-refractivity contribution in [1.82, 2.24) is 0 Å². The molecule has 0 saturated heterocycles. The van der Waals surface area contributed by atoms with E-state index in [1.54, 1.807) is 18.2 Å². The van der Waals surface area contributed by atoms with Gasteiger partial charge < -0.3 is 15.4 Å². The maximum atomic E-state index is 13.8. The minimum atomic E-state index is -0.271. The fourth-order valence-electron chi connectivity index (χ4n) is 2.63. The molecule has 138 valence electrons. The van der Waals surface area contributed by atoms with Crippen molar-refractivity contribution in [2.75, 3.05) is 10.6 Å². The summed E-state index contributed by atoms with van der Waals surface area (Å²) in [6.45, 7) is 2.21. The van der Waals surface area contributed by atoms with E-state index in [1.807, 2.05) is 48.5 Å². The summed E-state index contributed by atoms with van der Waals surface area (Å²) in [5.41, 5.74) is 3.17. The molecule has 1 amide bonds. The Bertz CT molecular complexity index is 910. The van der Waals surface area contributed by atoms with Crippen molar-refractivity contribution in [1.29, 1.82) is 0 Å². The second-order valence-corrected chi connectivity index (χ2v) is 6.10. The van der Waals surface area contributed by atoms with Gasteiger partial charge >= 0.3 is 0 Å². The molecule has 0 unspecified atom stereocenters. The number of anilines is 2. The number of amides is 1. The molecular weight excluding hydrogens is 343 g/mol. The molecule has 0 atom stereocenters. The Labute approximate surface area is 158 Å². The Balaban J connectivity index is 1.62. The number of benzene rings is 3. The molecule has 0 aliphatic carbocycles. The van der Waals surface area contributed by atoms with Crippen LogP contribution in [-0.4, -0.2) is 5.91 Å². The Morgan fingerprint density at radius 1 is 0.889 bits per heavy atom. The van der Waals surface area contributed by atoms with Crippen LogP contribution in [0.3, 0.4) is 0 Å². The minimum Gasteiger partial charge on any atom is -0.488 e. The molecule has 4 nitrogen and oxygen atoms in total. The number of nitrogens with one attached hydrogen (secondary N) is 2. The Hall–Kier alpha value is -3.34. The van der Waals surface area contributed by atoms with Gasteiger partial charge in [0.15, 0.2) is 0 Å². The number of halogens is 1. The maximum absolute atomic E-state index is 13.8. The van der Waals surface area contributed by atoms with Gasteiger partial charge in [-0.15, -0.1) is 0 Å². The SMILES string of the molecule is CC(=O)Nc1ccc(NCc2ccccc2OCc2ccccc2F)cc1. The van der Waals surface area contributed by atoms with Gasteiger partial charge in [0.25, 0.3) is 0 Å². The standard InChI is InChI=1S/C22H21FN2O2/c1-16(26)25-20-12-10-19(11-13-20)24-14-17-6-3-5-9-22(17)27-15-18-7-2-4-8-21(18)23/h2-13,24H,14-15H2,1H3,(H,25,26). The number of para-hydroxylation sites is 1. The summed E-state index contributed by atoms with van der Waals surface area (Å²) in [6.07, 6.45) is 0. The molecule has 2 N–H and O–H groups in total. The van der Waals surface area contributed by atoms with Crippen LogP contribution < -0.4 is 15.4 Å². The van der Waals surface area contributed by atoms with Gasteiger partial charge in [-0.3, -0.25) is 4.79 Å². The molecule has 0 heterocycles. The van der Waals surface area contributed by atoms with E-state index in [-0.39, 0.29) is 18.3 Å². The molecule has 3 rings (SSSR count). The summed E-state index contributed by atoms with van der Waals surface area (Å²) in [7, 11) is 0. The highest BCUT2D eigenvalue weighted by Crippen LogP contribution is 2.22. The van der Waals surface area contributed by atoms with Crippen molar-refractivity contribution >= 4 is 17.3 Å². The lowest BCUT2D eigenvalue weighted by Crippen LogP contribution is -2.06. The predicted octanol–water partition coefficient (Wildman–Crippen LogP) is 4.98. The van der Waals surface area contributed by atoms with Crippen LogP contribution in [0.25, 0.3) is 0 Å². The van der Waals surface area contributed by atoms with Crippen LogP contribution >= 0.6 is 0 Å². The predicted molar refractivity (Wildman–Crippen MR) is 105 cm³/mol. The third kappa shape index (κ3) is 5.31. The first-order valence-electron chi connectivity index (χ1n) is 8.67. The second kappa shape index (κ2) is 8.85. The lowest BCUT2D eigenvalue weighted by Gasteiger charge is -2.13. The van der Waals surface area contributed by atoms with Gasteiger partial charge in [0.2, 0.25) is 5.91 Å². The highest BCUT2D eigenvalue weighted by molar-refractivity contribution is 5.88. The molecule has 0 saturated carbocycles. The van der Waals surface area contributed by atoms with Crippen LogP contribution in [0.4, 0.5) is 15.8 Å². The van der Waals surface area contributed by atoms with Crippen molar-refractivity contribution in [3.05, 3.63) is 89.7 Å². The monoisotopic (exact) mass is 364 g/mol. The average Bonchev–Trinajstić information content (AvgIpc) is 2.67. The number of rotatable bonds is 7. The summed E-state index contributed by atoms with van der Waals surface area (Å²) in [5, 5.41) is 6.06. The molecule has 0 fully saturated rings. The number of ether oxygens (including phenoxy) is 1. The van der Waals surface area contributed by atoms with Gasteiger partial charge in [0.05, 0.1) is 0 Å². The molecule has 0 radical (unpaired) electrons. The third-order valence-electron chi connectivity index (χ3n) is 4.00. The molecule has 3 aromatic carbocycles. The first-order valence-corrected chi connectivity index (χ1v) is 8.67. The minimum absolute atomic E-state index is 0.100. The number of carbonyl (C=O) groups is 1. The lowest BCUT2D eigenvalue weighted by molar-refractivity contribution is -0.114. The molecule has 0 aliphatic heterocycles. The van der Waals surface area contributed by atoms with E-state index in [9.17, 15) is 9.18 Å². The molecule has 0 spiro atoms. The van der Waals surface area contributed by atoms with E-state index in [1.165, 1.54) is 13.0 Å². The smallest absolute Gasteiger partial charge is 0.221 e. The molecule has 5 heteroatoms. The van der Waals surface area contributed by atoms with E-state index in [2.05, 4.69) is 10.6 Å². The highest BCUT2D eigenvalue weighted by atomic mass is 19.1. The van der Waals surface area contributed by atoms with E-state index < -0.39 is 0 Å². The van der Waals surface area contributed by atoms with E-state index in [4.69, 9.17) is 4.74 Å². The quantitative estimate of drug-likeness (QED) is 0.622. The summed E-state index contributed by atoms with van der Waals surface area (Å²) >= 11 is 0. The van der Waals surface area contributed by atoms with E-state index in [0.717, 1.165) is 16.9 Å². The first kappa shape index (κ1) is 18.5. The van der Waals surface area contributed by atoms with Gasteiger partial charge in [0, 0.05) is 36.0 Å². The molecular formula is C22H21FN2O2. The summed E-state index contributed by atoms with van der Waals surface area (Å²) in [4.78, 5) is 11.1. The normalized spacial score (nSPS) is 10.3. The molecule has 0 aromatic heterocycles. The summed E-state index contributed by atoms with van der Waals surface area (Å²) in [5.74, 6) is 0.340. The Kier molecular flexibility index (Phi) is 6.05. The Morgan fingerprint density at radius 2 is 1.52 bits per heavy atom. The van der Waals surface area contributed by atoms with Crippen LogP contribution in [0.2, 0.25) is 0 Å². The Morgan fingerprint density at radius 3 is 2.22 bits per heavy atom. The van der Waals surface area contributed by atoms with Gasteiger partial charge in [-0.25, -0.2) is 4.39 Å². The van der Waals surface area contributed by atoms with Crippen molar-refractivity contribution in [2.24, 2.45) is 0 Å². The number of hydrogen-bond donors (Lipinski definition) is 2. The van der Waals surface area contributed by atoms with Crippen LogP contribution in [0.5, 0.6) is 5.75 Å². The van der Waals surface area contributed by atoms with Crippen LogP contribution in [0.15, 0.2) is 72.8 Å². The van der Waals surface area contributed by atoms with Crippen molar-refractivity contribution in [3.63, 3.8) is 0 Å². The first-order chi connectivity index (χ1) is 13.1. The number of carbonyl (C=O) groups excluding carboxylic acids is 1.